The number of nitrogens with one attached hydrogen (secondary N) is 2. The standard InChI is InChI=1S/C14H20N2O3/c1-4-12(13(17)18)16-14(19)15-10(3)11-8-6-5-7-9(11)2/h5-8,10,12H,4H2,1-3H3,(H,17,18)(H2,15,16,19)/t10?,12-/m0/s1. The predicted octanol–water partition coefficient (Wildman–Crippen LogP) is 2.22. The Balaban J connectivity index is 2.62. The van der Waals surface area contributed by atoms with Crippen molar-refractivity contribution in [2.45, 2.75) is 39.3 Å². The van der Waals surface area contributed by atoms with E-state index in [1.54, 1.807) is 6.92 Å². The number of carboxylic acid groups (broad SMARTS) is 1. The predicted molar refractivity (Wildman–Crippen MR) is 73.0 cm³/mol. The molecule has 0 fully saturated rings. The van der Waals surface area contributed by atoms with Crippen LogP contribution in [0.25, 0.3) is 0 Å². The lowest BCUT2D eigenvalue weighted by Gasteiger charge is -2.19. The van der Waals surface area contributed by atoms with Crippen LogP contribution in [-0.2, 0) is 4.79 Å². The smallest absolute Gasteiger partial charge is 0.326 e. The number of carboxylic acids is 1. The number of amides is 2. The van der Waals surface area contributed by atoms with Crippen molar-refractivity contribution in [2.24, 2.45) is 0 Å². The molecule has 0 aliphatic heterocycles. The molecule has 1 unspecified atom stereocenters. The summed E-state index contributed by atoms with van der Waals surface area (Å²) in [7, 11) is 0. The summed E-state index contributed by atoms with van der Waals surface area (Å²) in [5, 5.41) is 14.1. The van der Waals surface area contributed by atoms with Crippen molar-refractivity contribution in [3.63, 3.8) is 0 Å². The highest BCUT2D eigenvalue weighted by molar-refractivity contribution is 5.82. The van der Waals surface area contributed by atoms with Crippen LogP contribution in [0, 0.1) is 6.92 Å². The van der Waals surface area contributed by atoms with Crippen LogP contribution in [0.4, 0.5) is 4.79 Å². The van der Waals surface area contributed by atoms with E-state index in [1.807, 2.05) is 38.1 Å². The highest BCUT2D eigenvalue weighted by atomic mass is 16.4. The largest absolute Gasteiger partial charge is 0.480 e. The lowest BCUT2D eigenvalue weighted by Crippen LogP contribution is -2.46. The summed E-state index contributed by atoms with van der Waals surface area (Å²) in [5.41, 5.74) is 2.10. The van der Waals surface area contributed by atoms with Gasteiger partial charge in [0, 0.05) is 0 Å². The van der Waals surface area contributed by atoms with E-state index in [1.165, 1.54) is 0 Å². The summed E-state index contributed by atoms with van der Waals surface area (Å²) in [4.78, 5) is 22.6. The lowest BCUT2D eigenvalue weighted by atomic mass is 10.0. The third-order valence-electron chi connectivity index (χ3n) is 3.01. The summed E-state index contributed by atoms with van der Waals surface area (Å²) in [5.74, 6) is -1.03. The minimum atomic E-state index is -1.03. The number of rotatable bonds is 5. The van der Waals surface area contributed by atoms with Crippen LogP contribution in [0.2, 0.25) is 0 Å². The molecule has 1 aromatic rings. The maximum absolute atomic E-state index is 11.7. The molecular formula is C14H20N2O3. The zero-order valence-electron chi connectivity index (χ0n) is 11.4. The summed E-state index contributed by atoms with van der Waals surface area (Å²) in [6.45, 7) is 5.55. The monoisotopic (exact) mass is 264 g/mol. The maximum Gasteiger partial charge on any atom is 0.326 e. The Morgan fingerprint density at radius 1 is 1.26 bits per heavy atom. The Labute approximate surface area is 113 Å². The number of hydrogen-bond acceptors (Lipinski definition) is 2. The van der Waals surface area contributed by atoms with Crippen LogP contribution in [0.3, 0.4) is 0 Å². The quantitative estimate of drug-likeness (QED) is 0.763. The van der Waals surface area contributed by atoms with E-state index in [0.717, 1.165) is 11.1 Å². The SMILES string of the molecule is CC[C@H](NC(=O)NC(C)c1ccccc1C)C(=O)O. The van der Waals surface area contributed by atoms with Crippen LogP contribution in [0.5, 0.6) is 0 Å². The molecule has 0 saturated heterocycles. The number of aliphatic carboxylic acids is 1. The number of carbonyl (C=O) groups is 2. The second-order valence-corrected chi connectivity index (χ2v) is 4.50. The van der Waals surface area contributed by atoms with Gasteiger partial charge in [0.05, 0.1) is 6.04 Å². The molecule has 0 aromatic heterocycles. The molecule has 0 aliphatic rings. The van der Waals surface area contributed by atoms with Gasteiger partial charge in [-0.2, -0.15) is 0 Å². The number of carbonyl (C=O) groups excluding carboxylic acids is 1. The van der Waals surface area contributed by atoms with Gasteiger partial charge in [-0.15, -0.1) is 0 Å². The summed E-state index contributed by atoms with van der Waals surface area (Å²) < 4.78 is 0. The number of hydrogen-bond donors (Lipinski definition) is 3. The second-order valence-electron chi connectivity index (χ2n) is 4.50. The molecule has 0 radical (unpaired) electrons. The molecule has 104 valence electrons. The van der Waals surface area contributed by atoms with E-state index in [4.69, 9.17) is 5.11 Å². The van der Waals surface area contributed by atoms with Crippen molar-refractivity contribution < 1.29 is 14.7 Å². The third-order valence-corrected chi connectivity index (χ3v) is 3.01. The molecule has 19 heavy (non-hydrogen) atoms. The minimum absolute atomic E-state index is 0.174. The van der Waals surface area contributed by atoms with E-state index in [-0.39, 0.29) is 6.04 Å². The van der Waals surface area contributed by atoms with Crippen molar-refractivity contribution in [1.29, 1.82) is 0 Å². The van der Waals surface area contributed by atoms with Gasteiger partial charge < -0.3 is 15.7 Å². The molecule has 1 rings (SSSR count). The van der Waals surface area contributed by atoms with E-state index >= 15 is 0 Å². The molecule has 3 N–H and O–H groups in total. The lowest BCUT2D eigenvalue weighted by molar-refractivity contribution is -0.139. The fraction of sp³-hybridized carbons (Fsp3) is 0.429. The van der Waals surface area contributed by atoms with Crippen molar-refractivity contribution in [3.8, 4) is 0 Å². The highest BCUT2D eigenvalue weighted by Crippen LogP contribution is 2.16. The molecule has 5 nitrogen and oxygen atoms in total. The van der Waals surface area contributed by atoms with Crippen molar-refractivity contribution in [3.05, 3.63) is 35.4 Å². The van der Waals surface area contributed by atoms with Gasteiger partial charge in [0.15, 0.2) is 0 Å². The van der Waals surface area contributed by atoms with Crippen LogP contribution in [-0.4, -0.2) is 23.1 Å². The normalized spacial score (nSPS) is 13.4. The first-order chi connectivity index (χ1) is 8.95. The number of benzene rings is 1. The number of aryl methyl sites for hydroxylation is 1. The van der Waals surface area contributed by atoms with E-state index < -0.39 is 18.0 Å². The minimum Gasteiger partial charge on any atom is -0.480 e. The fourth-order valence-corrected chi connectivity index (χ4v) is 1.89. The molecule has 0 bridgehead atoms. The second kappa shape index (κ2) is 6.78. The fourth-order valence-electron chi connectivity index (χ4n) is 1.89. The van der Waals surface area contributed by atoms with Crippen molar-refractivity contribution in [1.82, 2.24) is 10.6 Å². The third kappa shape index (κ3) is 4.28. The van der Waals surface area contributed by atoms with Crippen LogP contribution in [0.15, 0.2) is 24.3 Å². The van der Waals surface area contributed by atoms with Gasteiger partial charge in [0.2, 0.25) is 0 Å². The van der Waals surface area contributed by atoms with E-state index in [9.17, 15) is 9.59 Å². The highest BCUT2D eigenvalue weighted by Gasteiger charge is 2.19. The average molecular weight is 264 g/mol. The van der Waals surface area contributed by atoms with E-state index in [0.29, 0.717) is 6.42 Å². The topological polar surface area (TPSA) is 78.4 Å². The molecule has 0 heterocycles. The molecule has 2 atom stereocenters. The van der Waals surface area contributed by atoms with Crippen LogP contribution in [0.1, 0.15) is 37.4 Å². The Morgan fingerprint density at radius 2 is 1.89 bits per heavy atom. The Kier molecular flexibility index (Phi) is 5.36. The first-order valence-corrected chi connectivity index (χ1v) is 6.31. The van der Waals surface area contributed by atoms with Crippen molar-refractivity contribution in [2.75, 3.05) is 0 Å². The van der Waals surface area contributed by atoms with Crippen molar-refractivity contribution >= 4 is 12.0 Å². The zero-order valence-corrected chi connectivity index (χ0v) is 11.4. The van der Waals surface area contributed by atoms with Gasteiger partial charge in [-0.3, -0.25) is 0 Å². The first-order valence-electron chi connectivity index (χ1n) is 6.31. The molecule has 5 heteroatoms. The van der Waals surface area contributed by atoms with Crippen LogP contribution >= 0.6 is 0 Å². The zero-order chi connectivity index (χ0) is 14.4. The van der Waals surface area contributed by atoms with Gasteiger partial charge in [0.25, 0.3) is 0 Å². The molecule has 1 aromatic carbocycles. The Morgan fingerprint density at radius 3 is 2.42 bits per heavy atom. The summed E-state index contributed by atoms with van der Waals surface area (Å²) in [6.07, 6.45) is 0.349. The molecule has 0 saturated carbocycles. The summed E-state index contributed by atoms with van der Waals surface area (Å²) >= 11 is 0. The maximum atomic E-state index is 11.7. The number of urea groups is 1. The average Bonchev–Trinajstić information content (AvgIpc) is 2.35. The molecule has 2 amide bonds. The van der Waals surface area contributed by atoms with Gasteiger partial charge in [-0.05, 0) is 31.4 Å². The molecule has 0 spiro atoms. The Hall–Kier alpha value is -2.04. The van der Waals surface area contributed by atoms with Gasteiger partial charge in [-0.1, -0.05) is 31.2 Å². The molecule has 0 aliphatic carbocycles. The van der Waals surface area contributed by atoms with Gasteiger partial charge in [-0.25, -0.2) is 9.59 Å². The Bertz CT molecular complexity index is 460. The molecular weight excluding hydrogens is 244 g/mol. The van der Waals surface area contributed by atoms with Gasteiger partial charge in [0.1, 0.15) is 6.04 Å². The summed E-state index contributed by atoms with van der Waals surface area (Å²) in [6, 6.07) is 6.25. The van der Waals surface area contributed by atoms with Crippen LogP contribution < -0.4 is 10.6 Å². The van der Waals surface area contributed by atoms with Gasteiger partial charge >= 0.3 is 12.0 Å². The van der Waals surface area contributed by atoms with E-state index in [2.05, 4.69) is 10.6 Å². The first kappa shape index (κ1) is 15.0.